The normalized spacial score (nSPS) is 31.0. The fraction of sp³-hybridized carbons (Fsp3) is 0.700. The highest BCUT2D eigenvalue weighted by molar-refractivity contribution is 5.58. The molecule has 2 unspecified atom stereocenters. The molecule has 3 nitrogen and oxygen atoms in total. The first-order valence-electron chi connectivity index (χ1n) is 4.39. The Hall–Kier alpha value is -0.830. The zero-order valence-electron chi connectivity index (χ0n) is 8.32. The number of hydrogen-bond acceptors (Lipinski definition) is 3. The lowest BCUT2D eigenvalue weighted by molar-refractivity contribution is -0.119. The first-order chi connectivity index (χ1) is 6.12. The predicted molar refractivity (Wildman–Crippen MR) is 49.2 cm³/mol. The van der Waals surface area contributed by atoms with Crippen molar-refractivity contribution in [3.05, 3.63) is 12.3 Å². The third-order valence-electron chi connectivity index (χ3n) is 2.68. The minimum Gasteiger partial charge on any atom is -0.495 e. The van der Waals surface area contributed by atoms with E-state index in [9.17, 15) is 4.79 Å². The minimum atomic E-state index is -0.188. The van der Waals surface area contributed by atoms with Crippen molar-refractivity contribution in [3.63, 3.8) is 0 Å². The molecule has 0 spiro atoms. The van der Waals surface area contributed by atoms with E-state index in [4.69, 9.17) is 9.47 Å². The molecule has 1 heterocycles. The fourth-order valence-corrected chi connectivity index (χ4v) is 1.49. The van der Waals surface area contributed by atoms with Crippen LogP contribution < -0.4 is 0 Å². The van der Waals surface area contributed by atoms with Crippen LogP contribution in [0.4, 0.5) is 0 Å². The monoisotopic (exact) mass is 184 g/mol. The Kier molecular flexibility index (Phi) is 3.09. The van der Waals surface area contributed by atoms with Crippen LogP contribution in [0.5, 0.6) is 0 Å². The highest BCUT2D eigenvalue weighted by Gasteiger charge is 2.39. The van der Waals surface area contributed by atoms with Crippen LogP contribution in [0.3, 0.4) is 0 Å². The average Bonchev–Trinajstić information content (AvgIpc) is 2.08. The van der Waals surface area contributed by atoms with Crippen LogP contribution in [0, 0.1) is 11.3 Å². The van der Waals surface area contributed by atoms with Gasteiger partial charge >= 0.3 is 0 Å². The number of carbonyl (C=O) groups is 1. The summed E-state index contributed by atoms with van der Waals surface area (Å²) in [6.45, 7) is 4.54. The lowest BCUT2D eigenvalue weighted by atomic mass is 9.74. The van der Waals surface area contributed by atoms with Gasteiger partial charge in [-0.2, -0.15) is 0 Å². The molecular formula is C10H16O3. The molecule has 1 aliphatic rings. The van der Waals surface area contributed by atoms with Crippen LogP contribution in [0.25, 0.3) is 0 Å². The van der Waals surface area contributed by atoms with Gasteiger partial charge in [-0.05, 0) is 6.08 Å². The molecule has 2 atom stereocenters. The van der Waals surface area contributed by atoms with Crippen LogP contribution in [0.2, 0.25) is 0 Å². The van der Waals surface area contributed by atoms with Crippen molar-refractivity contribution in [1.29, 1.82) is 0 Å². The van der Waals surface area contributed by atoms with Gasteiger partial charge in [-0.25, -0.2) is 0 Å². The lowest BCUT2D eigenvalue weighted by Gasteiger charge is -2.38. The quantitative estimate of drug-likeness (QED) is 0.622. The highest BCUT2D eigenvalue weighted by Crippen LogP contribution is 2.35. The van der Waals surface area contributed by atoms with Crippen molar-refractivity contribution >= 4 is 6.29 Å². The molecule has 0 fully saturated rings. The minimum absolute atomic E-state index is 0.0438. The van der Waals surface area contributed by atoms with E-state index in [1.54, 1.807) is 19.4 Å². The Labute approximate surface area is 78.7 Å². The van der Waals surface area contributed by atoms with Crippen molar-refractivity contribution in [2.24, 2.45) is 11.3 Å². The summed E-state index contributed by atoms with van der Waals surface area (Å²) in [6, 6.07) is 0. The number of rotatable bonds is 3. The van der Waals surface area contributed by atoms with Crippen molar-refractivity contribution in [3.8, 4) is 0 Å². The molecule has 0 aliphatic carbocycles. The number of ether oxygens (including phenoxy) is 2. The zero-order chi connectivity index (χ0) is 9.90. The van der Waals surface area contributed by atoms with Crippen LogP contribution in [-0.4, -0.2) is 26.1 Å². The molecule has 0 aromatic rings. The smallest absolute Gasteiger partial charge is 0.127 e. The van der Waals surface area contributed by atoms with Crippen molar-refractivity contribution in [1.82, 2.24) is 0 Å². The summed E-state index contributed by atoms with van der Waals surface area (Å²) < 4.78 is 10.4. The number of carbonyl (C=O) groups excluding carboxylic acids is 1. The molecule has 0 aromatic carbocycles. The summed E-state index contributed by atoms with van der Waals surface area (Å²) in [7, 11) is 1.63. The molecule has 1 rings (SSSR count). The van der Waals surface area contributed by atoms with Crippen LogP contribution in [-0.2, 0) is 14.3 Å². The zero-order valence-corrected chi connectivity index (χ0v) is 8.32. The predicted octanol–water partition coefficient (Wildman–Crippen LogP) is 1.39. The van der Waals surface area contributed by atoms with Crippen molar-refractivity contribution in [2.45, 2.75) is 20.0 Å². The molecule has 74 valence electrons. The Morgan fingerprint density at radius 2 is 2.31 bits per heavy atom. The van der Waals surface area contributed by atoms with Gasteiger partial charge < -0.3 is 14.3 Å². The topological polar surface area (TPSA) is 35.5 Å². The second-order valence-electron chi connectivity index (χ2n) is 3.89. The second-order valence-corrected chi connectivity index (χ2v) is 3.89. The molecule has 0 N–H and O–H groups in total. The molecule has 0 bridgehead atoms. The number of aldehydes is 1. The first kappa shape index (κ1) is 10.3. The highest BCUT2D eigenvalue weighted by atomic mass is 16.5. The van der Waals surface area contributed by atoms with Gasteiger partial charge in [0.1, 0.15) is 12.4 Å². The van der Waals surface area contributed by atoms with Gasteiger partial charge in [0.15, 0.2) is 0 Å². The maximum absolute atomic E-state index is 10.8. The molecule has 0 radical (unpaired) electrons. The van der Waals surface area contributed by atoms with E-state index in [0.717, 1.165) is 6.29 Å². The van der Waals surface area contributed by atoms with Gasteiger partial charge in [0, 0.05) is 18.4 Å². The summed E-state index contributed by atoms with van der Waals surface area (Å²) in [5.74, 6) is -0.0820. The molecule has 1 aliphatic heterocycles. The summed E-state index contributed by atoms with van der Waals surface area (Å²) >= 11 is 0. The fourth-order valence-electron chi connectivity index (χ4n) is 1.49. The van der Waals surface area contributed by atoms with E-state index in [1.807, 2.05) is 13.8 Å². The SMILES string of the molecule is COCC1OC=CC(C=O)C1(C)C. The van der Waals surface area contributed by atoms with Crippen LogP contribution >= 0.6 is 0 Å². The van der Waals surface area contributed by atoms with Crippen molar-refractivity contribution in [2.75, 3.05) is 13.7 Å². The van der Waals surface area contributed by atoms with Gasteiger partial charge in [0.05, 0.1) is 12.9 Å². The van der Waals surface area contributed by atoms with E-state index < -0.39 is 0 Å². The number of hydrogen-bond donors (Lipinski definition) is 0. The molecule has 3 heteroatoms. The van der Waals surface area contributed by atoms with Gasteiger partial charge in [-0.1, -0.05) is 13.8 Å². The maximum atomic E-state index is 10.8. The maximum Gasteiger partial charge on any atom is 0.127 e. The average molecular weight is 184 g/mol. The number of allylic oxidation sites excluding steroid dienone is 1. The van der Waals surface area contributed by atoms with E-state index in [0.29, 0.717) is 6.61 Å². The summed E-state index contributed by atoms with van der Waals surface area (Å²) in [5.41, 5.74) is -0.188. The number of methoxy groups -OCH3 is 1. The Morgan fingerprint density at radius 3 is 2.85 bits per heavy atom. The Morgan fingerprint density at radius 1 is 1.62 bits per heavy atom. The van der Waals surface area contributed by atoms with Crippen LogP contribution in [0.15, 0.2) is 12.3 Å². The summed E-state index contributed by atoms with van der Waals surface area (Å²) in [5, 5.41) is 0. The molecule has 0 saturated carbocycles. The lowest BCUT2D eigenvalue weighted by Crippen LogP contribution is -2.42. The molecule has 13 heavy (non-hydrogen) atoms. The third kappa shape index (κ3) is 1.91. The standard InChI is InChI=1S/C10H16O3/c1-10(2)8(6-11)4-5-13-9(10)7-12-3/h4-6,8-9H,7H2,1-3H3. The Balaban J connectivity index is 2.78. The second kappa shape index (κ2) is 3.92. The van der Waals surface area contributed by atoms with E-state index in [2.05, 4.69) is 0 Å². The molecule has 0 saturated heterocycles. The molecule has 0 aromatic heterocycles. The van der Waals surface area contributed by atoms with Gasteiger partial charge in [-0.3, -0.25) is 0 Å². The van der Waals surface area contributed by atoms with Gasteiger partial charge in [-0.15, -0.1) is 0 Å². The van der Waals surface area contributed by atoms with Crippen LogP contribution in [0.1, 0.15) is 13.8 Å². The van der Waals surface area contributed by atoms with E-state index in [-0.39, 0.29) is 17.4 Å². The molecular weight excluding hydrogens is 168 g/mol. The van der Waals surface area contributed by atoms with E-state index in [1.165, 1.54) is 0 Å². The Bertz CT molecular complexity index is 208. The molecule has 0 amide bonds. The summed E-state index contributed by atoms with van der Waals surface area (Å²) in [4.78, 5) is 10.8. The van der Waals surface area contributed by atoms with E-state index >= 15 is 0 Å². The van der Waals surface area contributed by atoms with Gasteiger partial charge in [0.25, 0.3) is 0 Å². The third-order valence-corrected chi connectivity index (χ3v) is 2.68. The van der Waals surface area contributed by atoms with Gasteiger partial charge in [0.2, 0.25) is 0 Å². The summed E-state index contributed by atoms with van der Waals surface area (Å²) in [6.07, 6.45) is 4.30. The first-order valence-corrected chi connectivity index (χ1v) is 4.39. The van der Waals surface area contributed by atoms with Crippen molar-refractivity contribution < 1.29 is 14.3 Å². The largest absolute Gasteiger partial charge is 0.495 e.